The van der Waals surface area contributed by atoms with Crippen LogP contribution in [0, 0.1) is 0 Å². The van der Waals surface area contributed by atoms with Crippen LogP contribution in [-0.4, -0.2) is 18.0 Å². The van der Waals surface area contributed by atoms with E-state index in [-0.39, 0.29) is 0 Å². The minimum atomic E-state index is 0.373. The van der Waals surface area contributed by atoms with Gasteiger partial charge in [0, 0.05) is 13.0 Å². The van der Waals surface area contributed by atoms with Crippen molar-refractivity contribution in [3.63, 3.8) is 0 Å². The Balaban J connectivity index is 0. The number of carbonyl (C=O) groups is 1. The summed E-state index contributed by atoms with van der Waals surface area (Å²) >= 11 is 0. The van der Waals surface area contributed by atoms with Gasteiger partial charge in [-0.2, -0.15) is 0 Å². The van der Waals surface area contributed by atoms with Gasteiger partial charge in [0.1, 0.15) is 6.29 Å². The molecule has 2 nitrogen and oxygen atoms in total. The van der Waals surface area contributed by atoms with E-state index < -0.39 is 0 Å². The highest BCUT2D eigenvalue weighted by atomic mass is 16.2. The molecule has 0 heterocycles. The van der Waals surface area contributed by atoms with Crippen LogP contribution in [0.25, 0.3) is 0 Å². The number of hydrogen-bond donors (Lipinski definition) is 1. The van der Waals surface area contributed by atoms with Gasteiger partial charge in [-0.05, 0) is 38.5 Å². The van der Waals surface area contributed by atoms with Crippen molar-refractivity contribution in [3.8, 4) is 0 Å². The van der Waals surface area contributed by atoms with E-state index in [2.05, 4.69) is 26.0 Å². The summed E-state index contributed by atoms with van der Waals surface area (Å²) in [4.78, 5) is 10.1. The summed E-state index contributed by atoms with van der Waals surface area (Å²) in [5.74, 6) is 0. The van der Waals surface area contributed by atoms with Crippen LogP contribution in [0.2, 0.25) is 0 Å². The smallest absolute Gasteiger partial charge is 0.119 e. The minimum absolute atomic E-state index is 0.373. The maximum absolute atomic E-state index is 10.1. The van der Waals surface area contributed by atoms with E-state index in [0.717, 1.165) is 25.5 Å². The van der Waals surface area contributed by atoms with Crippen LogP contribution in [0.15, 0.2) is 12.2 Å². The van der Waals surface area contributed by atoms with E-state index in [1.54, 1.807) is 0 Å². The molecule has 36 heavy (non-hydrogen) atoms. The van der Waals surface area contributed by atoms with Crippen LogP contribution in [0.1, 0.15) is 194 Å². The molecule has 0 aliphatic carbocycles. The Morgan fingerprint density at radius 3 is 0.972 bits per heavy atom. The highest BCUT2D eigenvalue weighted by Gasteiger charge is 1.94. The largest absolute Gasteiger partial charge is 0.396 e. The third-order valence-electron chi connectivity index (χ3n) is 7.10. The number of allylic oxidation sites excluding steroid dienone is 2. The maximum Gasteiger partial charge on any atom is 0.119 e. The Hall–Kier alpha value is -0.630. The molecule has 0 bridgehead atoms. The number of carbonyl (C=O) groups excluding carboxylic acids is 1. The van der Waals surface area contributed by atoms with Gasteiger partial charge in [0.15, 0.2) is 0 Å². The van der Waals surface area contributed by atoms with Crippen LogP contribution in [0.5, 0.6) is 0 Å². The van der Waals surface area contributed by atoms with Crippen molar-refractivity contribution in [2.75, 3.05) is 6.61 Å². The predicted molar refractivity (Wildman–Crippen MR) is 163 cm³/mol. The Labute approximate surface area is 228 Å². The molecule has 0 aromatic rings. The average Bonchev–Trinajstić information content (AvgIpc) is 2.89. The molecule has 216 valence electrons. The Bertz CT molecular complexity index is 377. The third-order valence-corrected chi connectivity index (χ3v) is 7.10. The van der Waals surface area contributed by atoms with Crippen LogP contribution < -0.4 is 0 Å². The summed E-state index contributed by atoms with van der Waals surface area (Å²) < 4.78 is 0. The molecule has 1 N–H and O–H groups in total. The van der Waals surface area contributed by atoms with E-state index in [4.69, 9.17) is 5.11 Å². The van der Waals surface area contributed by atoms with Gasteiger partial charge >= 0.3 is 0 Å². The van der Waals surface area contributed by atoms with Gasteiger partial charge in [0.25, 0.3) is 0 Å². The fraction of sp³-hybridized carbons (Fsp3) is 0.912. The van der Waals surface area contributed by atoms with E-state index >= 15 is 0 Å². The van der Waals surface area contributed by atoms with E-state index in [0.29, 0.717) is 6.61 Å². The number of aldehydes is 1. The first-order chi connectivity index (χ1) is 17.8. The fourth-order valence-electron chi connectivity index (χ4n) is 4.60. The number of hydrogen-bond acceptors (Lipinski definition) is 2. The molecule has 0 atom stereocenters. The molecular formula is C34H68O2. The standard InChI is InChI=1S/C18H34O.C16H34O/c1-2-3-4-5-6-7-8-9-10-11-12-13-14-15-16-17-18-19;1-2-3-4-5-6-7-8-9-10-11-12-13-14-15-16-17/h9-10,18H,2-8,11-17H2,1H3;17H,2-16H2,1H3. The molecule has 0 rings (SSSR count). The molecule has 0 amide bonds. The van der Waals surface area contributed by atoms with Crippen molar-refractivity contribution in [1.29, 1.82) is 0 Å². The fourth-order valence-corrected chi connectivity index (χ4v) is 4.60. The summed E-state index contributed by atoms with van der Waals surface area (Å²) in [6.07, 6.45) is 42.8. The van der Waals surface area contributed by atoms with Crippen LogP contribution in [0.3, 0.4) is 0 Å². The summed E-state index contributed by atoms with van der Waals surface area (Å²) in [6, 6.07) is 0. The van der Waals surface area contributed by atoms with Gasteiger partial charge in [-0.3, -0.25) is 0 Å². The normalized spacial score (nSPS) is 11.1. The SMILES string of the molecule is CCCCCCCCC=CCCCCCCCC=O.CCCCCCCCCCCCCCCCO. The van der Waals surface area contributed by atoms with Crippen molar-refractivity contribution in [3.05, 3.63) is 12.2 Å². The molecule has 0 saturated carbocycles. The lowest BCUT2D eigenvalue weighted by Crippen LogP contribution is -1.84. The zero-order valence-corrected chi connectivity index (χ0v) is 25.1. The molecule has 0 saturated heterocycles. The summed E-state index contributed by atoms with van der Waals surface area (Å²) in [7, 11) is 0. The highest BCUT2D eigenvalue weighted by Crippen LogP contribution is 2.13. The first kappa shape index (κ1) is 37.5. The summed E-state index contributed by atoms with van der Waals surface area (Å²) in [6.45, 7) is 4.92. The van der Waals surface area contributed by atoms with E-state index in [9.17, 15) is 4.79 Å². The molecule has 0 radical (unpaired) electrons. The lowest BCUT2D eigenvalue weighted by molar-refractivity contribution is -0.107. The second-order valence-corrected chi connectivity index (χ2v) is 10.9. The minimum Gasteiger partial charge on any atom is -0.396 e. The van der Waals surface area contributed by atoms with Crippen molar-refractivity contribution in [2.45, 2.75) is 194 Å². The molecule has 0 spiro atoms. The Morgan fingerprint density at radius 1 is 0.389 bits per heavy atom. The highest BCUT2D eigenvalue weighted by molar-refractivity contribution is 5.48. The first-order valence-corrected chi connectivity index (χ1v) is 16.5. The molecule has 2 heteroatoms. The van der Waals surface area contributed by atoms with Crippen molar-refractivity contribution < 1.29 is 9.90 Å². The van der Waals surface area contributed by atoms with E-state index in [1.165, 1.54) is 161 Å². The van der Waals surface area contributed by atoms with Gasteiger partial charge in [-0.25, -0.2) is 0 Å². The zero-order chi connectivity index (χ0) is 26.6. The molecular weight excluding hydrogens is 440 g/mol. The predicted octanol–water partition coefficient (Wildman–Crippen LogP) is 11.7. The molecule has 0 unspecified atom stereocenters. The van der Waals surface area contributed by atoms with Gasteiger partial charge in [-0.15, -0.1) is 0 Å². The third kappa shape index (κ3) is 40.5. The number of rotatable bonds is 29. The van der Waals surface area contributed by atoms with Crippen molar-refractivity contribution in [2.24, 2.45) is 0 Å². The second kappa shape index (κ2) is 38.9. The summed E-state index contributed by atoms with van der Waals surface area (Å²) in [5.41, 5.74) is 0. The Morgan fingerprint density at radius 2 is 0.667 bits per heavy atom. The molecule has 0 aliphatic heterocycles. The number of aliphatic hydroxyl groups excluding tert-OH is 1. The quantitative estimate of drug-likeness (QED) is 0.0619. The molecule has 0 aromatic heterocycles. The van der Waals surface area contributed by atoms with Gasteiger partial charge < -0.3 is 9.90 Å². The zero-order valence-electron chi connectivity index (χ0n) is 25.1. The average molecular weight is 509 g/mol. The lowest BCUT2D eigenvalue weighted by Gasteiger charge is -2.02. The Kier molecular flexibility index (Phi) is 40.5. The van der Waals surface area contributed by atoms with Crippen molar-refractivity contribution in [1.82, 2.24) is 0 Å². The maximum atomic E-state index is 10.1. The monoisotopic (exact) mass is 509 g/mol. The van der Waals surface area contributed by atoms with Crippen LogP contribution in [-0.2, 0) is 4.79 Å². The molecule has 0 fully saturated rings. The van der Waals surface area contributed by atoms with Gasteiger partial charge in [0.05, 0.1) is 0 Å². The van der Waals surface area contributed by atoms with Crippen molar-refractivity contribution >= 4 is 6.29 Å². The number of unbranched alkanes of at least 4 members (excludes halogenated alkanes) is 25. The molecule has 0 aromatic carbocycles. The lowest BCUT2D eigenvalue weighted by atomic mass is 10.0. The topological polar surface area (TPSA) is 37.3 Å². The van der Waals surface area contributed by atoms with E-state index in [1.807, 2.05) is 0 Å². The summed E-state index contributed by atoms with van der Waals surface area (Å²) in [5, 5.41) is 8.64. The molecule has 0 aliphatic rings. The van der Waals surface area contributed by atoms with Gasteiger partial charge in [0.2, 0.25) is 0 Å². The van der Waals surface area contributed by atoms with Crippen LogP contribution in [0.4, 0.5) is 0 Å². The van der Waals surface area contributed by atoms with Crippen LogP contribution >= 0.6 is 0 Å². The van der Waals surface area contributed by atoms with Gasteiger partial charge in [-0.1, -0.05) is 161 Å². The second-order valence-electron chi connectivity index (χ2n) is 10.9. The number of aliphatic hydroxyl groups is 1. The first-order valence-electron chi connectivity index (χ1n) is 16.5.